The molecule has 1 aromatic heterocycles. The van der Waals surface area contributed by atoms with E-state index in [1.807, 2.05) is 91.2 Å². The van der Waals surface area contributed by atoms with Gasteiger partial charge >= 0.3 is 5.97 Å². The molecule has 1 heterocycles. The number of halogens is 1. The van der Waals surface area contributed by atoms with Crippen LogP contribution in [0.2, 0.25) is 5.02 Å². The fourth-order valence-electron chi connectivity index (χ4n) is 4.03. The van der Waals surface area contributed by atoms with E-state index in [4.69, 9.17) is 16.3 Å². The van der Waals surface area contributed by atoms with Gasteiger partial charge < -0.3 is 19.7 Å². The molecule has 0 atom stereocenters. The number of aromatic nitrogens is 1. The van der Waals surface area contributed by atoms with E-state index >= 15 is 0 Å². The van der Waals surface area contributed by atoms with Crippen molar-refractivity contribution in [3.63, 3.8) is 0 Å². The summed E-state index contributed by atoms with van der Waals surface area (Å²) in [6, 6.07) is 23.3. The van der Waals surface area contributed by atoms with E-state index in [1.54, 1.807) is 0 Å². The number of nitrogens with one attached hydrogen (secondary N) is 1. The molecule has 0 saturated heterocycles. The molecule has 170 valence electrons. The number of carboxylic acid groups (broad SMARTS) is 1. The number of benzene rings is 3. The van der Waals surface area contributed by atoms with Crippen molar-refractivity contribution < 1.29 is 14.6 Å². The van der Waals surface area contributed by atoms with Crippen molar-refractivity contribution in [1.82, 2.24) is 9.88 Å². The first-order valence-corrected chi connectivity index (χ1v) is 11.3. The average molecular weight is 463 g/mol. The number of carbonyl (C=O) groups is 1. The molecule has 33 heavy (non-hydrogen) atoms. The lowest BCUT2D eigenvalue weighted by Crippen LogP contribution is -2.17. The SMILES string of the molecule is CC(C)Oc1ccc(CNCc2c(C(=O)O)n(Cc3ccc(Cl)cc3)c3ccccc23)cc1. The summed E-state index contributed by atoms with van der Waals surface area (Å²) in [5, 5.41) is 15.1. The second kappa shape index (κ2) is 10.1. The van der Waals surface area contributed by atoms with Gasteiger partial charge in [-0.1, -0.05) is 54.1 Å². The summed E-state index contributed by atoms with van der Waals surface area (Å²) in [5.41, 5.74) is 4.08. The predicted octanol–water partition coefficient (Wildman–Crippen LogP) is 6.12. The molecule has 0 radical (unpaired) electrons. The standard InChI is InChI=1S/C27H27ClN2O3/c1-18(2)33-22-13-9-19(10-14-22)15-29-16-24-23-5-3-4-6-25(23)30(26(24)27(31)32)17-20-7-11-21(28)12-8-20/h3-14,18,29H,15-17H2,1-2H3,(H,31,32). The van der Waals surface area contributed by atoms with Crippen molar-refractivity contribution in [1.29, 1.82) is 0 Å². The van der Waals surface area contributed by atoms with Crippen LogP contribution in [0.25, 0.3) is 10.9 Å². The molecule has 0 saturated carbocycles. The molecule has 3 aromatic carbocycles. The van der Waals surface area contributed by atoms with Crippen LogP contribution in [0.1, 0.15) is 41.0 Å². The largest absolute Gasteiger partial charge is 0.491 e. The number of rotatable bonds is 9. The van der Waals surface area contributed by atoms with Gasteiger partial charge in [0, 0.05) is 41.1 Å². The highest BCUT2D eigenvalue weighted by molar-refractivity contribution is 6.30. The lowest BCUT2D eigenvalue weighted by atomic mass is 10.1. The van der Waals surface area contributed by atoms with E-state index in [0.717, 1.165) is 33.3 Å². The summed E-state index contributed by atoms with van der Waals surface area (Å²) in [5.74, 6) is -0.0978. The smallest absolute Gasteiger partial charge is 0.352 e. The highest BCUT2D eigenvalue weighted by atomic mass is 35.5. The van der Waals surface area contributed by atoms with Crippen LogP contribution in [-0.4, -0.2) is 21.7 Å². The minimum atomic E-state index is -0.938. The minimum Gasteiger partial charge on any atom is -0.491 e. The first-order valence-electron chi connectivity index (χ1n) is 11.0. The number of aromatic carboxylic acids is 1. The van der Waals surface area contributed by atoms with Crippen LogP contribution in [0.15, 0.2) is 72.8 Å². The molecule has 0 amide bonds. The lowest BCUT2D eigenvalue weighted by molar-refractivity contribution is 0.0684. The molecule has 0 bridgehead atoms. The molecule has 5 nitrogen and oxygen atoms in total. The van der Waals surface area contributed by atoms with E-state index in [1.165, 1.54) is 0 Å². The van der Waals surface area contributed by atoms with Crippen molar-refractivity contribution in [3.05, 3.63) is 100 Å². The van der Waals surface area contributed by atoms with Crippen molar-refractivity contribution in [2.24, 2.45) is 0 Å². The molecule has 0 aliphatic heterocycles. The maximum absolute atomic E-state index is 12.3. The molecule has 0 spiro atoms. The molecule has 0 aliphatic carbocycles. The highest BCUT2D eigenvalue weighted by Gasteiger charge is 2.22. The Kier molecular flexibility index (Phi) is 7.02. The summed E-state index contributed by atoms with van der Waals surface area (Å²) in [6.45, 7) is 5.52. The Hall–Kier alpha value is -3.28. The lowest BCUT2D eigenvalue weighted by Gasteiger charge is -2.11. The van der Waals surface area contributed by atoms with E-state index in [-0.39, 0.29) is 6.10 Å². The van der Waals surface area contributed by atoms with E-state index in [0.29, 0.717) is 30.4 Å². The van der Waals surface area contributed by atoms with Gasteiger partial charge in [0.05, 0.1) is 6.10 Å². The topological polar surface area (TPSA) is 63.5 Å². The molecule has 2 N–H and O–H groups in total. The van der Waals surface area contributed by atoms with Crippen molar-refractivity contribution in [2.75, 3.05) is 0 Å². The van der Waals surface area contributed by atoms with Gasteiger partial charge in [-0.25, -0.2) is 4.79 Å². The van der Waals surface area contributed by atoms with Crippen LogP contribution >= 0.6 is 11.6 Å². The van der Waals surface area contributed by atoms with E-state index in [2.05, 4.69) is 5.32 Å². The normalized spacial score (nSPS) is 11.3. The zero-order chi connectivity index (χ0) is 23.4. The summed E-state index contributed by atoms with van der Waals surface area (Å²) >= 11 is 6.02. The third-order valence-corrected chi connectivity index (χ3v) is 5.71. The van der Waals surface area contributed by atoms with Gasteiger partial charge in [0.1, 0.15) is 11.4 Å². The number of nitrogens with zero attached hydrogens (tertiary/aromatic N) is 1. The monoisotopic (exact) mass is 462 g/mol. The second-order valence-corrected chi connectivity index (χ2v) is 8.71. The highest BCUT2D eigenvalue weighted by Crippen LogP contribution is 2.28. The predicted molar refractivity (Wildman–Crippen MR) is 132 cm³/mol. The second-order valence-electron chi connectivity index (χ2n) is 8.28. The van der Waals surface area contributed by atoms with Gasteiger partial charge in [0.2, 0.25) is 0 Å². The molecule has 0 aliphatic rings. The van der Waals surface area contributed by atoms with Crippen LogP contribution < -0.4 is 10.1 Å². The summed E-state index contributed by atoms with van der Waals surface area (Å²) in [4.78, 5) is 12.3. The number of fused-ring (bicyclic) bond motifs is 1. The van der Waals surface area contributed by atoms with Gasteiger partial charge in [-0.05, 0) is 55.3 Å². The Labute approximate surface area is 198 Å². The summed E-state index contributed by atoms with van der Waals surface area (Å²) < 4.78 is 7.57. The fourth-order valence-corrected chi connectivity index (χ4v) is 4.15. The Bertz CT molecular complexity index is 1250. The fraction of sp³-hybridized carbons (Fsp3) is 0.222. The Balaban J connectivity index is 1.58. The maximum Gasteiger partial charge on any atom is 0.352 e. The molecular weight excluding hydrogens is 436 g/mol. The third kappa shape index (κ3) is 5.38. The van der Waals surface area contributed by atoms with E-state index in [9.17, 15) is 9.90 Å². The van der Waals surface area contributed by atoms with Gasteiger partial charge in [0.25, 0.3) is 0 Å². The number of carboxylic acids is 1. The van der Waals surface area contributed by atoms with Gasteiger partial charge in [-0.2, -0.15) is 0 Å². The molecular formula is C27H27ClN2O3. The zero-order valence-corrected chi connectivity index (χ0v) is 19.5. The number of ether oxygens (including phenoxy) is 1. The van der Waals surface area contributed by atoms with Gasteiger partial charge in [-0.3, -0.25) is 0 Å². The maximum atomic E-state index is 12.3. The molecule has 0 unspecified atom stereocenters. The van der Waals surface area contributed by atoms with Crippen LogP contribution in [0.4, 0.5) is 0 Å². The third-order valence-electron chi connectivity index (χ3n) is 5.46. The minimum absolute atomic E-state index is 0.133. The van der Waals surface area contributed by atoms with Crippen molar-refractivity contribution in [2.45, 2.75) is 39.6 Å². The van der Waals surface area contributed by atoms with Crippen LogP contribution in [0, 0.1) is 0 Å². The quantitative estimate of drug-likeness (QED) is 0.314. The number of para-hydroxylation sites is 1. The van der Waals surface area contributed by atoms with Crippen LogP contribution in [-0.2, 0) is 19.6 Å². The number of hydrogen-bond acceptors (Lipinski definition) is 3. The molecule has 6 heteroatoms. The molecule has 4 aromatic rings. The summed E-state index contributed by atoms with van der Waals surface area (Å²) in [6.07, 6.45) is 0.133. The Morgan fingerprint density at radius 2 is 1.64 bits per heavy atom. The molecule has 4 rings (SSSR count). The van der Waals surface area contributed by atoms with E-state index < -0.39 is 5.97 Å². The zero-order valence-electron chi connectivity index (χ0n) is 18.7. The molecule has 0 fully saturated rings. The van der Waals surface area contributed by atoms with Crippen molar-refractivity contribution in [3.8, 4) is 5.75 Å². The van der Waals surface area contributed by atoms with Crippen LogP contribution in [0.5, 0.6) is 5.75 Å². The van der Waals surface area contributed by atoms with Gasteiger partial charge in [0.15, 0.2) is 0 Å². The Morgan fingerprint density at radius 3 is 2.30 bits per heavy atom. The number of hydrogen-bond donors (Lipinski definition) is 2. The van der Waals surface area contributed by atoms with Crippen LogP contribution in [0.3, 0.4) is 0 Å². The first-order chi connectivity index (χ1) is 15.9. The Morgan fingerprint density at radius 1 is 0.970 bits per heavy atom. The first kappa shape index (κ1) is 22.9. The summed E-state index contributed by atoms with van der Waals surface area (Å²) in [7, 11) is 0. The van der Waals surface area contributed by atoms with Crippen molar-refractivity contribution >= 4 is 28.5 Å². The average Bonchev–Trinajstić information content (AvgIpc) is 3.10. The van der Waals surface area contributed by atoms with Gasteiger partial charge in [-0.15, -0.1) is 0 Å².